The number of rotatable bonds is 29. The Kier molecular flexibility index (Phi) is 64.1. The Hall–Kier alpha value is -0.320. The fraction of sp³-hybridized carbons (Fsp3) is 1.00. The van der Waals surface area contributed by atoms with Gasteiger partial charge in [0, 0.05) is 73.2 Å². The van der Waals surface area contributed by atoms with Gasteiger partial charge in [-0.2, -0.15) is 0 Å². The maximum Gasteiger partial charge on any atom is 0.0571 e. The maximum atomic E-state index is 5.55. The Morgan fingerprint density at radius 3 is 1.09 bits per heavy atom. The van der Waals surface area contributed by atoms with Crippen molar-refractivity contribution in [3.63, 3.8) is 0 Å². The van der Waals surface area contributed by atoms with Crippen molar-refractivity contribution in [3.05, 3.63) is 0 Å². The highest BCUT2D eigenvalue weighted by Gasteiger charge is 2.29. The zero-order chi connectivity index (χ0) is 63.0. The molecule has 0 saturated heterocycles. The van der Waals surface area contributed by atoms with Gasteiger partial charge in [0.25, 0.3) is 0 Å². The van der Waals surface area contributed by atoms with Crippen LogP contribution in [0.1, 0.15) is 319 Å². The van der Waals surface area contributed by atoms with Crippen LogP contribution in [0.4, 0.5) is 0 Å². The fourth-order valence-electron chi connectivity index (χ4n) is 10.7. The molecule has 4 fully saturated rings. The van der Waals surface area contributed by atoms with Crippen LogP contribution >= 0.6 is 0 Å². The molecular weight excluding hydrogens is 1020 g/mol. The van der Waals surface area contributed by atoms with Gasteiger partial charge in [0.05, 0.1) is 32.5 Å². The lowest BCUT2D eigenvalue weighted by Crippen LogP contribution is -2.25. The molecule has 0 aromatic heterocycles. The minimum absolute atomic E-state index is 0.329. The van der Waals surface area contributed by atoms with E-state index in [9.17, 15) is 0 Å². The number of hydrogen-bond donors (Lipinski definition) is 0. The Morgan fingerprint density at radius 2 is 0.720 bits per heavy atom. The summed E-state index contributed by atoms with van der Waals surface area (Å²) in [5.74, 6) is 5.43. The third-order valence-electron chi connectivity index (χ3n) is 18.3. The second kappa shape index (κ2) is 59.6. The van der Waals surface area contributed by atoms with Gasteiger partial charge >= 0.3 is 0 Å². The van der Waals surface area contributed by atoms with Crippen molar-refractivity contribution in [2.45, 2.75) is 325 Å². The van der Waals surface area contributed by atoms with Crippen LogP contribution in [-0.4, -0.2) is 106 Å². The standard InChI is InChI=1S/C15H28O.C11H22O.C10H22O.C9H20O.C8H16O.C8H18O.C7H16O.C6H14O/c1-2-16-12-13-8-10-15(11-9-13)14-6-4-3-5-7-14;1-10(12-2)11-8-6-4-3-5-7-9-11;1-5-10(6-2,7-3)9-11-8-4;1-5-9(4,6-2)8-10-7-3;1-2-9-7-8-5-3-4-6-8;1-5-8(3,4)7-9-6-2;1-5-8-6-7(2,3)4;1-4-7-5-6(2)3/h13-15H,2-12H2,1H3;10-11H,3-9H2,1-2H3;5-9H2,1-4H3;5-8H2,1-4H3;8H,2-7H2,1H3;5-7H2,1-4H3;5-6H2,1-4H3;6H,4-5H2,1-3H3. The summed E-state index contributed by atoms with van der Waals surface area (Å²) < 4.78 is 42.7. The van der Waals surface area contributed by atoms with Gasteiger partial charge in [0.2, 0.25) is 0 Å². The molecule has 1 unspecified atom stereocenters. The number of hydrogen-bond acceptors (Lipinski definition) is 8. The summed E-state index contributed by atoms with van der Waals surface area (Å²) in [5.41, 5.74) is 1.57. The van der Waals surface area contributed by atoms with Crippen LogP contribution in [-0.2, 0) is 37.9 Å². The number of ether oxygens (including phenoxy) is 8. The molecule has 4 rings (SSSR count). The van der Waals surface area contributed by atoms with Gasteiger partial charge < -0.3 is 37.9 Å². The first-order valence-corrected chi connectivity index (χ1v) is 35.6. The second-order valence-electron chi connectivity index (χ2n) is 27.5. The zero-order valence-corrected chi connectivity index (χ0v) is 60.6. The van der Waals surface area contributed by atoms with Crippen LogP contribution in [0, 0.1) is 57.2 Å². The largest absolute Gasteiger partial charge is 0.381 e. The maximum absolute atomic E-state index is 5.55. The van der Waals surface area contributed by atoms with Crippen molar-refractivity contribution in [2.24, 2.45) is 57.2 Å². The van der Waals surface area contributed by atoms with Gasteiger partial charge in [-0.25, -0.2) is 0 Å². The summed E-state index contributed by atoms with van der Waals surface area (Å²) in [7, 11) is 1.84. The van der Waals surface area contributed by atoms with Crippen LogP contribution in [0.15, 0.2) is 0 Å². The van der Waals surface area contributed by atoms with Crippen molar-refractivity contribution >= 4 is 0 Å². The van der Waals surface area contributed by atoms with Gasteiger partial charge in [0.15, 0.2) is 0 Å². The highest BCUT2D eigenvalue weighted by molar-refractivity contribution is 4.80. The number of methoxy groups -OCH3 is 1. The molecule has 0 aliphatic heterocycles. The van der Waals surface area contributed by atoms with Gasteiger partial charge in [-0.1, -0.05) is 174 Å². The molecule has 8 heteroatoms. The lowest BCUT2D eigenvalue weighted by molar-refractivity contribution is 0.0421. The molecule has 82 heavy (non-hydrogen) atoms. The summed E-state index contributed by atoms with van der Waals surface area (Å²) in [5, 5.41) is 0. The van der Waals surface area contributed by atoms with Crippen molar-refractivity contribution in [1.82, 2.24) is 0 Å². The van der Waals surface area contributed by atoms with E-state index >= 15 is 0 Å². The minimum Gasteiger partial charge on any atom is -0.381 e. The van der Waals surface area contributed by atoms with E-state index in [2.05, 4.69) is 125 Å². The summed E-state index contributed by atoms with van der Waals surface area (Å²) in [4.78, 5) is 0. The van der Waals surface area contributed by atoms with E-state index in [1.807, 2.05) is 34.8 Å². The molecule has 0 N–H and O–H groups in total. The lowest BCUT2D eigenvalue weighted by Gasteiger charge is -2.35. The van der Waals surface area contributed by atoms with E-state index in [1.54, 1.807) is 0 Å². The Bertz CT molecular complexity index is 1190. The lowest BCUT2D eigenvalue weighted by atomic mass is 9.71. The minimum atomic E-state index is 0.329. The quantitative estimate of drug-likeness (QED) is 0.0733. The second-order valence-corrected chi connectivity index (χ2v) is 27.5. The van der Waals surface area contributed by atoms with Crippen LogP contribution in [0.25, 0.3) is 0 Å². The van der Waals surface area contributed by atoms with Crippen LogP contribution in [0.5, 0.6) is 0 Å². The molecule has 0 amide bonds. The summed E-state index contributed by atoms with van der Waals surface area (Å²) >= 11 is 0. The molecule has 0 aromatic rings. The molecule has 0 radical (unpaired) electrons. The van der Waals surface area contributed by atoms with E-state index in [4.69, 9.17) is 37.9 Å². The summed E-state index contributed by atoms with van der Waals surface area (Å²) in [6.07, 6.45) is 36.8. The highest BCUT2D eigenvalue weighted by atomic mass is 16.5. The third kappa shape index (κ3) is 55.0. The molecule has 1 atom stereocenters. The van der Waals surface area contributed by atoms with E-state index in [0.717, 1.165) is 122 Å². The average Bonchev–Trinajstić information content (AvgIpc) is 4.02. The monoisotopic (exact) mass is 1170 g/mol. The van der Waals surface area contributed by atoms with Gasteiger partial charge in [-0.15, -0.1) is 0 Å². The SMILES string of the molecule is CCOCC(C)(C)C.CCOCC(C)(C)CC.CCOCC(C)(CC)CC.CCOCC(C)C.CCOCC(CC)(CC)CC.CCOCC1CCC(C2CCCCC2)CC1.CCOCC1CCCC1.COC(C)C1CCCCCCC1. The predicted molar refractivity (Wildman–Crippen MR) is 362 cm³/mol. The molecule has 500 valence electrons. The normalized spacial score (nSPS) is 18.7. The molecule has 0 bridgehead atoms. The molecule has 4 saturated carbocycles. The van der Waals surface area contributed by atoms with Crippen molar-refractivity contribution < 1.29 is 37.9 Å². The molecule has 0 spiro atoms. The van der Waals surface area contributed by atoms with E-state index in [0.29, 0.717) is 33.7 Å². The van der Waals surface area contributed by atoms with E-state index < -0.39 is 0 Å². The topological polar surface area (TPSA) is 73.8 Å². The predicted octanol–water partition coefficient (Wildman–Crippen LogP) is 22.3. The first-order valence-electron chi connectivity index (χ1n) is 35.6. The molecule has 8 nitrogen and oxygen atoms in total. The van der Waals surface area contributed by atoms with Crippen LogP contribution < -0.4 is 0 Å². The molecule has 4 aliphatic carbocycles. The first kappa shape index (κ1) is 88.1. The molecule has 4 aliphatic rings. The van der Waals surface area contributed by atoms with Gasteiger partial charge in [-0.05, 0) is 202 Å². The fourth-order valence-corrected chi connectivity index (χ4v) is 10.7. The van der Waals surface area contributed by atoms with Crippen LogP contribution in [0.3, 0.4) is 0 Å². The summed E-state index contributed by atoms with van der Waals surface area (Å²) in [6.45, 7) is 60.0. The van der Waals surface area contributed by atoms with Gasteiger partial charge in [-0.3, -0.25) is 0 Å². The van der Waals surface area contributed by atoms with Crippen molar-refractivity contribution in [3.8, 4) is 0 Å². The van der Waals surface area contributed by atoms with Crippen LogP contribution in [0.2, 0.25) is 0 Å². The Balaban J connectivity index is -0.000000430. The van der Waals surface area contributed by atoms with Crippen molar-refractivity contribution in [2.75, 3.05) is 99.6 Å². The molecule has 0 heterocycles. The summed E-state index contributed by atoms with van der Waals surface area (Å²) in [6, 6.07) is 0. The van der Waals surface area contributed by atoms with E-state index in [-0.39, 0.29) is 0 Å². The Labute approximate surface area is 517 Å². The van der Waals surface area contributed by atoms with Crippen molar-refractivity contribution in [1.29, 1.82) is 0 Å². The smallest absolute Gasteiger partial charge is 0.0571 e. The van der Waals surface area contributed by atoms with E-state index in [1.165, 1.54) is 167 Å². The average molecular weight is 1170 g/mol. The molecule has 0 aromatic carbocycles. The molecular formula is C74H156O8. The van der Waals surface area contributed by atoms with Gasteiger partial charge in [0.1, 0.15) is 0 Å². The highest BCUT2D eigenvalue weighted by Crippen LogP contribution is 2.40. The third-order valence-corrected chi connectivity index (χ3v) is 18.3. The Morgan fingerprint density at radius 1 is 0.354 bits per heavy atom. The zero-order valence-electron chi connectivity index (χ0n) is 60.6. The first-order chi connectivity index (χ1) is 39.0.